The molecule has 1 aliphatic carbocycles. The summed E-state index contributed by atoms with van der Waals surface area (Å²) >= 11 is 0. The van der Waals surface area contributed by atoms with Gasteiger partial charge in [0.15, 0.2) is 0 Å². The molecule has 1 nitrogen and oxygen atoms in total. The van der Waals surface area contributed by atoms with E-state index < -0.39 is 0 Å². The topological polar surface area (TPSA) is 3.24 Å². The Bertz CT molecular complexity index is 2160. The highest BCUT2D eigenvalue weighted by Gasteiger charge is 2.35. The molecule has 0 heterocycles. The summed E-state index contributed by atoms with van der Waals surface area (Å²) < 4.78 is 0. The molecule has 0 radical (unpaired) electrons. The lowest BCUT2D eigenvalue weighted by molar-refractivity contribution is 0.660. The largest absolute Gasteiger partial charge is 0.310 e. The number of nitrogens with zero attached hydrogens (tertiary/aromatic N) is 1. The number of hydrogen-bond acceptors (Lipinski definition) is 1. The van der Waals surface area contributed by atoms with Crippen molar-refractivity contribution in [3.63, 3.8) is 0 Å². The lowest BCUT2D eigenvalue weighted by Crippen LogP contribution is -2.16. The van der Waals surface area contributed by atoms with Gasteiger partial charge in [0.1, 0.15) is 0 Å². The first-order valence-electron chi connectivity index (χ1n) is 16.0. The van der Waals surface area contributed by atoms with E-state index in [-0.39, 0.29) is 5.41 Å². The zero-order valence-electron chi connectivity index (χ0n) is 26.2. The molecule has 8 rings (SSSR count). The van der Waals surface area contributed by atoms with Crippen LogP contribution in [0.5, 0.6) is 0 Å². The van der Waals surface area contributed by atoms with E-state index in [1.165, 1.54) is 55.6 Å². The van der Waals surface area contributed by atoms with E-state index in [1.54, 1.807) is 0 Å². The van der Waals surface area contributed by atoms with Crippen LogP contribution in [-0.4, -0.2) is 0 Å². The molecule has 220 valence electrons. The molecular weight excluding hydrogens is 555 g/mol. The molecule has 0 N–H and O–H groups in total. The predicted octanol–water partition coefficient (Wildman–Crippen LogP) is 12.5. The standard InChI is InChI=1S/C45H35N/c1-45(2)43-22-10-9-21-41(43)42-28-27-40(31-44(42)45)46(38-19-11-17-36(29-38)33-15-7-4-8-16-33)39-20-12-18-37(30-39)35-25-23-34(24-26-35)32-13-5-3-6-14-32/h3-31H,1-2H3. The minimum absolute atomic E-state index is 0.0815. The Labute approximate surface area is 272 Å². The third-order valence-corrected chi connectivity index (χ3v) is 9.47. The van der Waals surface area contributed by atoms with Crippen LogP contribution < -0.4 is 4.90 Å². The summed E-state index contributed by atoms with van der Waals surface area (Å²) in [6, 6.07) is 63.8. The van der Waals surface area contributed by atoms with Gasteiger partial charge in [0.25, 0.3) is 0 Å². The van der Waals surface area contributed by atoms with E-state index >= 15 is 0 Å². The highest BCUT2D eigenvalue weighted by molar-refractivity contribution is 5.87. The van der Waals surface area contributed by atoms with Crippen LogP contribution in [0.25, 0.3) is 44.5 Å². The van der Waals surface area contributed by atoms with Crippen LogP contribution in [0.1, 0.15) is 25.0 Å². The average Bonchev–Trinajstić information content (AvgIpc) is 3.35. The highest BCUT2D eigenvalue weighted by Crippen LogP contribution is 2.50. The van der Waals surface area contributed by atoms with Gasteiger partial charge in [-0.25, -0.2) is 0 Å². The summed E-state index contributed by atoms with van der Waals surface area (Å²) in [4.78, 5) is 2.41. The lowest BCUT2D eigenvalue weighted by atomic mass is 9.82. The molecule has 0 saturated heterocycles. The van der Waals surface area contributed by atoms with Gasteiger partial charge in [-0.3, -0.25) is 0 Å². The van der Waals surface area contributed by atoms with Gasteiger partial charge in [0, 0.05) is 22.5 Å². The molecule has 0 unspecified atom stereocenters. The second-order valence-corrected chi connectivity index (χ2v) is 12.6. The Morgan fingerprint density at radius 3 is 1.37 bits per heavy atom. The first kappa shape index (κ1) is 27.9. The third kappa shape index (κ3) is 4.91. The van der Waals surface area contributed by atoms with Crippen molar-refractivity contribution in [2.24, 2.45) is 0 Å². The molecule has 46 heavy (non-hydrogen) atoms. The normalized spacial score (nSPS) is 12.7. The van der Waals surface area contributed by atoms with Crippen LogP contribution >= 0.6 is 0 Å². The molecule has 0 atom stereocenters. The Morgan fingerprint density at radius 2 is 0.761 bits per heavy atom. The number of fused-ring (bicyclic) bond motifs is 3. The van der Waals surface area contributed by atoms with E-state index in [1.807, 2.05) is 0 Å². The van der Waals surface area contributed by atoms with Gasteiger partial charge in [-0.1, -0.05) is 153 Å². The van der Waals surface area contributed by atoms with Crippen molar-refractivity contribution in [1.82, 2.24) is 0 Å². The van der Waals surface area contributed by atoms with Crippen LogP contribution in [0, 0.1) is 0 Å². The predicted molar refractivity (Wildman–Crippen MR) is 195 cm³/mol. The zero-order valence-corrected chi connectivity index (χ0v) is 26.2. The van der Waals surface area contributed by atoms with Crippen LogP contribution in [0.2, 0.25) is 0 Å². The quantitative estimate of drug-likeness (QED) is 0.186. The number of benzene rings is 7. The molecule has 7 aromatic rings. The first-order valence-corrected chi connectivity index (χ1v) is 16.0. The van der Waals surface area contributed by atoms with Crippen molar-refractivity contribution in [2.45, 2.75) is 19.3 Å². The smallest absolute Gasteiger partial charge is 0.0467 e. The summed E-state index contributed by atoms with van der Waals surface area (Å²) in [5, 5.41) is 0. The maximum atomic E-state index is 2.41. The van der Waals surface area contributed by atoms with E-state index in [9.17, 15) is 0 Å². The Kier molecular flexibility index (Phi) is 6.88. The fourth-order valence-electron chi connectivity index (χ4n) is 7.04. The lowest BCUT2D eigenvalue weighted by Gasteiger charge is -2.29. The number of hydrogen-bond donors (Lipinski definition) is 0. The van der Waals surface area contributed by atoms with Crippen molar-refractivity contribution in [1.29, 1.82) is 0 Å². The number of anilines is 3. The Balaban J connectivity index is 1.25. The first-order chi connectivity index (χ1) is 22.6. The molecular formula is C45H35N. The van der Waals surface area contributed by atoms with E-state index in [2.05, 4.69) is 195 Å². The van der Waals surface area contributed by atoms with Crippen LogP contribution in [0.4, 0.5) is 17.1 Å². The summed E-state index contributed by atoms with van der Waals surface area (Å²) in [7, 11) is 0. The van der Waals surface area contributed by atoms with Gasteiger partial charge >= 0.3 is 0 Å². The second-order valence-electron chi connectivity index (χ2n) is 12.6. The van der Waals surface area contributed by atoms with Gasteiger partial charge < -0.3 is 4.90 Å². The molecule has 0 aromatic heterocycles. The van der Waals surface area contributed by atoms with Crippen molar-refractivity contribution in [3.05, 3.63) is 187 Å². The van der Waals surface area contributed by atoms with Gasteiger partial charge in [0.2, 0.25) is 0 Å². The molecule has 0 saturated carbocycles. The fraction of sp³-hybridized carbons (Fsp3) is 0.0667. The summed E-state index contributed by atoms with van der Waals surface area (Å²) in [5.41, 5.74) is 16.0. The van der Waals surface area contributed by atoms with E-state index in [4.69, 9.17) is 0 Å². The molecule has 0 bridgehead atoms. The van der Waals surface area contributed by atoms with Gasteiger partial charge in [-0.05, 0) is 92.0 Å². The van der Waals surface area contributed by atoms with Crippen LogP contribution in [0.3, 0.4) is 0 Å². The van der Waals surface area contributed by atoms with Crippen LogP contribution in [0.15, 0.2) is 176 Å². The molecule has 0 spiro atoms. The molecule has 1 aliphatic rings. The monoisotopic (exact) mass is 589 g/mol. The fourth-order valence-corrected chi connectivity index (χ4v) is 7.04. The average molecular weight is 590 g/mol. The maximum absolute atomic E-state index is 2.41. The van der Waals surface area contributed by atoms with Gasteiger partial charge in [-0.2, -0.15) is 0 Å². The van der Waals surface area contributed by atoms with E-state index in [0.717, 1.165) is 17.1 Å². The zero-order chi connectivity index (χ0) is 31.1. The minimum atomic E-state index is -0.0815. The SMILES string of the molecule is CC1(C)c2ccccc2-c2ccc(N(c3cccc(-c4ccccc4)c3)c3cccc(-c4ccc(-c5ccccc5)cc4)c3)cc21. The molecule has 0 amide bonds. The van der Waals surface area contributed by atoms with Crippen molar-refractivity contribution in [2.75, 3.05) is 4.90 Å². The molecule has 1 heteroatoms. The number of rotatable bonds is 6. The molecule has 7 aromatic carbocycles. The van der Waals surface area contributed by atoms with Gasteiger partial charge in [0.05, 0.1) is 0 Å². The summed E-state index contributed by atoms with van der Waals surface area (Å²) in [6.45, 7) is 4.70. The van der Waals surface area contributed by atoms with Crippen LogP contribution in [-0.2, 0) is 5.41 Å². The van der Waals surface area contributed by atoms with Gasteiger partial charge in [-0.15, -0.1) is 0 Å². The summed E-state index contributed by atoms with van der Waals surface area (Å²) in [6.07, 6.45) is 0. The third-order valence-electron chi connectivity index (χ3n) is 9.47. The summed E-state index contributed by atoms with van der Waals surface area (Å²) in [5.74, 6) is 0. The maximum Gasteiger partial charge on any atom is 0.0467 e. The Morgan fingerprint density at radius 1 is 0.326 bits per heavy atom. The minimum Gasteiger partial charge on any atom is -0.310 e. The Hall–Kier alpha value is -5.66. The highest BCUT2D eigenvalue weighted by atomic mass is 15.1. The van der Waals surface area contributed by atoms with Crippen molar-refractivity contribution in [3.8, 4) is 44.5 Å². The molecule has 0 aliphatic heterocycles. The van der Waals surface area contributed by atoms with Crippen molar-refractivity contribution >= 4 is 17.1 Å². The van der Waals surface area contributed by atoms with E-state index in [0.29, 0.717) is 0 Å². The second kappa shape index (κ2) is 11.4. The van der Waals surface area contributed by atoms with Crippen molar-refractivity contribution < 1.29 is 0 Å². The molecule has 0 fully saturated rings.